The van der Waals surface area contributed by atoms with Crippen molar-refractivity contribution in [1.29, 1.82) is 0 Å². The fourth-order valence-electron chi connectivity index (χ4n) is 2.62. The van der Waals surface area contributed by atoms with Gasteiger partial charge in [-0.3, -0.25) is 0 Å². The van der Waals surface area contributed by atoms with Gasteiger partial charge in [0.25, 0.3) is 0 Å². The van der Waals surface area contributed by atoms with Crippen LogP contribution in [0.2, 0.25) is 0 Å². The molecule has 7 heteroatoms. The molecule has 1 unspecified atom stereocenters. The van der Waals surface area contributed by atoms with E-state index in [0.717, 1.165) is 24.9 Å². The molecule has 120 valence electrons. The molecule has 1 fully saturated rings. The van der Waals surface area contributed by atoms with Crippen molar-refractivity contribution >= 4 is 22.4 Å². The van der Waals surface area contributed by atoms with Crippen LogP contribution < -0.4 is 14.8 Å². The summed E-state index contributed by atoms with van der Waals surface area (Å²) in [7, 11) is -2.06. The lowest BCUT2D eigenvalue weighted by Crippen LogP contribution is -2.37. The lowest BCUT2D eigenvalue weighted by molar-refractivity contribution is 0.401. The van der Waals surface area contributed by atoms with E-state index in [4.69, 9.17) is 4.74 Å². The van der Waals surface area contributed by atoms with Crippen LogP contribution in [-0.2, 0) is 10.0 Å². The highest BCUT2D eigenvalue weighted by Crippen LogP contribution is 2.28. The van der Waals surface area contributed by atoms with Crippen LogP contribution in [0.3, 0.4) is 0 Å². The zero-order chi connectivity index (χ0) is 14.8. The molecule has 1 aromatic rings. The van der Waals surface area contributed by atoms with Gasteiger partial charge in [-0.25, -0.2) is 13.1 Å². The van der Waals surface area contributed by atoms with Crippen molar-refractivity contribution in [2.24, 2.45) is 0 Å². The van der Waals surface area contributed by atoms with E-state index in [1.165, 1.54) is 7.11 Å². The second-order valence-electron chi connectivity index (χ2n) is 5.26. The topological polar surface area (TPSA) is 67.4 Å². The maximum Gasteiger partial charge on any atom is 0.244 e. The third-order valence-electron chi connectivity index (χ3n) is 3.56. The number of hydrogen-bond acceptors (Lipinski definition) is 4. The Morgan fingerprint density at radius 1 is 1.38 bits per heavy atom. The zero-order valence-corrected chi connectivity index (χ0v) is 14.2. The normalized spacial score (nSPS) is 18.3. The molecular formula is C14H23ClN2O3S. The summed E-state index contributed by atoms with van der Waals surface area (Å²) in [5.41, 5.74) is 1.68. The van der Waals surface area contributed by atoms with Gasteiger partial charge in [-0.1, -0.05) is 6.07 Å². The second-order valence-corrected chi connectivity index (χ2v) is 6.96. The Hall–Kier alpha value is -0.820. The first-order chi connectivity index (χ1) is 9.44. The van der Waals surface area contributed by atoms with E-state index in [-0.39, 0.29) is 23.3 Å². The van der Waals surface area contributed by atoms with Crippen molar-refractivity contribution < 1.29 is 13.2 Å². The molecule has 1 atom stereocenters. The van der Waals surface area contributed by atoms with E-state index in [1.807, 2.05) is 13.0 Å². The highest BCUT2D eigenvalue weighted by Gasteiger charge is 2.24. The van der Waals surface area contributed by atoms with Gasteiger partial charge in [0.05, 0.1) is 7.11 Å². The summed E-state index contributed by atoms with van der Waals surface area (Å²) in [6.07, 6.45) is 2.10. The number of hydrogen-bond donors (Lipinski definition) is 2. The number of benzene rings is 1. The fourth-order valence-corrected chi connectivity index (χ4v) is 4.08. The largest absolute Gasteiger partial charge is 0.495 e. The van der Waals surface area contributed by atoms with Crippen LogP contribution >= 0.6 is 12.4 Å². The molecule has 0 radical (unpaired) electrons. The summed E-state index contributed by atoms with van der Waals surface area (Å²) in [5.74, 6) is 0.398. The van der Waals surface area contributed by atoms with Gasteiger partial charge in [0.2, 0.25) is 10.0 Å². The summed E-state index contributed by atoms with van der Waals surface area (Å²) in [5, 5.41) is 3.27. The molecule has 0 aliphatic carbocycles. The predicted octanol–water partition coefficient (Wildman–Crippen LogP) is 1.76. The molecule has 1 saturated heterocycles. The molecule has 1 aliphatic rings. The lowest BCUT2D eigenvalue weighted by atomic mass is 10.1. The van der Waals surface area contributed by atoms with Crippen LogP contribution in [0.25, 0.3) is 0 Å². The lowest BCUT2D eigenvalue weighted by Gasteiger charge is -2.16. The first-order valence-electron chi connectivity index (χ1n) is 6.82. The Labute approximate surface area is 132 Å². The number of sulfonamides is 1. The molecule has 0 aromatic heterocycles. The molecule has 2 N–H and O–H groups in total. The van der Waals surface area contributed by atoms with Gasteiger partial charge in [0, 0.05) is 12.6 Å². The SMILES string of the molecule is COc1cc(C)cc(C)c1S(=O)(=O)NCC1CCCN1.Cl. The molecule has 0 saturated carbocycles. The predicted molar refractivity (Wildman–Crippen MR) is 85.9 cm³/mol. The molecule has 1 heterocycles. The number of aryl methyl sites for hydroxylation is 2. The van der Waals surface area contributed by atoms with Gasteiger partial charge >= 0.3 is 0 Å². The smallest absolute Gasteiger partial charge is 0.244 e. The zero-order valence-electron chi connectivity index (χ0n) is 12.6. The van der Waals surface area contributed by atoms with E-state index >= 15 is 0 Å². The third kappa shape index (κ3) is 4.32. The second kappa shape index (κ2) is 7.45. The molecule has 0 amide bonds. The van der Waals surface area contributed by atoms with E-state index < -0.39 is 10.0 Å². The van der Waals surface area contributed by atoms with Gasteiger partial charge in [-0.2, -0.15) is 0 Å². The number of nitrogens with one attached hydrogen (secondary N) is 2. The monoisotopic (exact) mass is 334 g/mol. The van der Waals surface area contributed by atoms with Gasteiger partial charge in [0.15, 0.2) is 0 Å². The number of ether oxygens (including phenoxy) is 1. The first kappa shape index (κ1) is 18.2. The van der Waals surface area contributed by atoms with Crippen molar-refractivity contribution in [3.63, 3.8) is 0 Å². The van der Waals surface area contributed by atoms with Crippen molar-refractivity contribution in [3.8, 4) is 5.75 Å². The minimum atomic E-state index is -3.55. The summed E-state index contributed by atoms with van der Waals surface area (Å²) >= 11 is 0. The van der Waals surface area contributed by atoms with Gasteiger partial charge in [0.1, 0.15) is 10.6 Å². The van der Waals surface area contributed by atoms with Crippen molar-refractivity contribution in [2.45, 2.75) is 37.6 Å². The molecule has 21 heavy (non-hydrogen) atoms. The first-order valence-corrected chi connectivity index (χ1v) is 8.30. The Bertz CT molecular complexity index is 584. The van der Waals surface area contributed by atoms with Crippen LogP contribution in [0, 0.1) is 13.8 Å². The molecular weight excluding hydrogens is 312 g/mol. The van der Waals surface area contributed by atoms with Crippen LogP contribution in [0.1, 0.15) is 24.0 Å². The minimum Gasteiger partial charge on any atom is -0.495 e. The summed E-state index contributed by atoms with van der Waals surface area (Å²) in [4.78, 5) is 0.239. The number of halogens is 1. The van der Waals surface area contributed by atoms with E-state index in [1.54, 1.807) is 13.0 Å². The van der Waals surface area contributed by atoms with Crippen molar-refractivity contribution in [1.82, 2.24) is 10.0 Å². The molecule has 0 spiro atoms. The summed E-state index contributed by atoms with van der Waals surface area (Å²) in [6.45, 7) is 5.08. The van der Waals surface area contributed by atoms with E-state index in [9.17, 15) is 8.42 Å². The Kier molecular flexibility index (Phi) is 6.46. The molecule has 0 bridgehead atoms. The van der Waals surface area contributed by atoms with Crippen LogP contribution in [0.4, 0.5) is 0 Å². The highest BCUT2D eigenvalue weighted by molar-refractivity contribution is 7.89. The average molecular weight is 335 g/mol. The Balaban J connectivity index is 0.00000220. The Morgan fingerprint density at radius 2 is 2.10 bits per heavy atom. The molecule has 1 aliphatic heterocycles. The molecule has 1 aromatic carbocycles. The third-order valence-corrected chi connectivity index (χ3v) is 5.16. The van der Waals surface area contributed by atoms with Crippen LogP contribution in [0.5, 0.6) is 5.75 Å². The fraction of sp³-hybridized carbons (Fsp3) is 0.571. The van der Waals surface area contributed by atoms with Gasteiger partial charge < -0.3 is 10.1 Å². The number of rotatable bonds is 5. The minimum absolute atomic E-state index is 0. The van der Waals surface area contributed by atoms with E-state index in [0.29, 0.717) is 17.9 Å². The average Bonchev–Trinajstić information content (AvgIpc) is 2.88. The Morgan fingerprint density at radius 3 is 2.67 bits per heavy atom. The highest BCUT2D eigenvalue weighted by atomic mass is 35.5. The standard InChI is InChI=1S/C14H22N2O3S.ClH/c1-10-7-11(2)14(13(8-10)19-3)20(17,18)16-9-12-5-4-6-15-12;/h7-8,12,15-16H,4-6,9H2,1-3H3;1H. The summed E-state index contributed by atoms with van der Waals surface area (Å²) < 4.78 is 32.9. The molecule has 2 rings (SSSR count). The number of methoxy groups -OCH3 is 1. The maximum absolute atomic E-state index is 12.5. The quantitative estimate of drug-likeness (QED) is 0.861. The van der Waals surface area contributed by atoms with Gasteiger partial charge in [-0.15, -0.1) is 12.4 Å². The van der Waals surface area contributed by atoms with E-state index in [2.05, 4.69) is 10.0 Å². The van der Waals surface area contributed by atoms with Crippen molar-refractivity contribution in [3.05, 3.63) is 23.3 Å². The van der Waals surface area contributed by atoms with Crippen LogP contribution in [0.15, 0.2) is 17.0 Å². The van der Waals surface area contributed by atoms with Crippen LogP contribution in [-0.4, -0.2) is 34.7 Å². The summed E-state index contributed by atoms with van der Waals surface area (Å²) in [6, 6.07) is 3.82. The maximum atomic E-state index is 12.5. The van der Waals surface area contributed by atoms with Crippen molar-refractivity contribution in [2.75, 3.05) is 20.2 Å². The molecule has 5 nitrogen and oxygen atoms in total. The van der Waals surface area contributed by atoms with Gasteiger partial charge in [-0.05, 0) is 50.4 Å².